The molecule has 0 aromatic carbocycles. The highest BCUT2D eigenvalue weighted by atomic mass is 16.5. The SMILES string of the molecule is C#CCCOC(C)(C)COC. The molecule has 0 bridgehead atoms. The van der Waals surface area contributed by atoms with Crippen molar-refractivity contribution in [3.05, 3.63) is 0 Å². The van der Waals surface area contributed by atoms with Crippen LogP contribution in [0.5, 0.6) is 0 Å². The maximum Gasteiger partial charge on any atom is 0.0859 e. The first-order valence-electron chi connectivity index (χ1n) is 3.69. The maximum absolute atomic E-state index is 5.44. The van der Waals surface area contributed by atoms with Gasteiger partial charge >= 0.3 is 0 Å². The molecule has 2 heteroatoms. The zero-order valence-corrected chi connectivity index (χ0v) is 7.52. The van der Waals surface area contributed by atoms with Crippen LogP contribution in [0.3, 0.4) is 0 Å². The van der Waals surface area contributed by atoms with Crippen LogP contribution in [-0.2, 0) is 9.47 Å². The number of rotatable bonds is 5. The Labute approximate surface area is 68.9 Å². The van der Waals surface area contributed by atoms with E-state index in [9.17, 15) is 0 Å². The minimum Gasteiger partial charge on any atom is -0.382 e. The second-order valence-electron chi connectivity index (χ2n) is 3.00. The second kappa shape index (κ2) is 5.17. The molecule has 0 aliphatic rings. The van der Waals surface area contributed by atoms with E-state index in [1.54, 1.807) is 7.11 Å². The van der Waals surface area contributed by atoms with Crippen molar-refractivity contribution in [1.29, 1.82) is 0 Å². The molecule has 64 valence electrons. The van der Waals surface area contributed by atoms with Gasteiger partial charge in [-0.15, -0.1) is 12.3 Å². The Morgan fingerprint density at radius 2 is 2.09 bits per heavy atom. The van der Waals surface area contributed by atoms with Crippen LogP contribution in [0.15, 0.2) is 0 Å². The summed E-state index contributed by atoms with van der Waals surface area (Å²) in [4.78, 5) is 0. The van der Waals surface area contributed by atoms with Crippen molar-refractivity contribution in [3.63, 3.8) is 0 Å². The van der Waals surface area contributed by atoms with E-state index in [0.717, 1.165) is 0 Å². The van der Waals surface area contributed by atoms with Crippen LogP contribution in [-0.4, -0.2) is 25.9 Å². The molecule has 0 atom stereocenters. The minimum atomic E-state index is -0.217. The molecule has 0 aromatic heterocycles. The Bertz CT molecular complexity index is 133. The lowest BCUT2D eigenvalue weighted by molar-refractivity contribution is -0.0623. The molecule has 0 unspecified atom stereocenters. The molecule has 11 heavy (non-hydrogen) atoms. The number of methoxy groups -OCH3 is 1. The van der Waals surface area contributed by atoms with Gasteiger partial charge in [-0.25, -0.2) is 0 Å². The third-order valence-electron chi connectivity index (χ3n) is 1.23. The topological polar surface area (TPSA) is 18.5 Å². The summed E-state index contributed by atoms with van der Waals surface area (Å²) in [5.41, 5.74) is -0.217. The highest BCUT2D eigenvalue weighted by Gasteiger charge is 2.16. The standard InChI is InChI=1S/C9H16O2/c1-5-6-7-11-9(2,3)8-10-4/h1H,6-8H2,2-4H3. The van der Waals surface area contributed by atoms with Gasteiger partial charge in [-0.1, -0.05) is 0 Å². The molecule has 0 saturated heterocycles. The first-order valence-corrected chi connectivity index (χ1v) is 3.69. The Morgan fingerprint density at radius 3 is 2.55 bits per heavy atom. The van der Waals surface area contributed by atoms with Gasteiger partial charge in [0.1, 0.15) is 0 Å². The molecule has 0 fully saturated rings. The van der Waals surface area contributed by atoms with Crippen molar-refractivity contribution >= 4 is 0 Å². The van der Waals surface area contributed by atoms with Gasteiger partial charge in [-0.05, 0) is 13.8 Å². The summed E-state index contributed by atoms with van der Waals surface area (Å²) in [7, 11) is 1.66. The minimum absolute atomic E-state index is 0.217. The quantitative estimate of drug-likeness (QED) is 0.443. The van der Waals surface area contributed by atoms with Gasteiger partial charge in [0.05, 0.1) is 18.8 Å². The molecule has 0 aliphatic heterocycles. The van der Waals surface area contributed by atoms with Crippen molar-refractivity contribution in [2.24, 2.45) is 0 Å². The van der Waals surface area contributed by atoms with Crippen LogP contribution in [0.2, 0.25) is 0 Å². The van der Waals surface area contributed by atoms with Gasteiger partial charge < -0.3 is 9.47 Å². The van der Waals surface area contributed by atoms with Gasteiger partial charge in [0.15, 0.2) is 0 Å². The smallest absolute Gasteiger partial charge is 0.0859 e. The maximum atomic E-state index is 5.44. The third kappa shape index (κ3) is 5.90. The summed E-state index contributed by atoms with van der Waals surface area (Å²) in [6.07, 6.45) is 5.73. The zero-order valence-electron chi connectivity index (χ0n) is 7.52. The lowest BCUT2D eigenvalue weighted by Crippen LogP contribution is -2.30. The number of ether oxygens (including phenoxy) is 2. The molecule has 0 radical (unpaired) electrons. The highest BCUT2D eigenvalue weighted by Crippen LogP contribution is 2.08. The van der Waals surface area contributed by atoms with E-state index >= 15 is 0 Å². The number of hydrogen-bond donors (Lipinski definition) is 0. The molecule has 0 N–H and O–H groups in total. The fourth-order valence-electron chi connectivity index (χ4n) is 0.776. The predicted molar refractivity (Wildman–Crippen MR) is 45.4 cm³/mol. The fraction of sp³-hybridized carbons (Fsp3) is 0.778. The van der Waals surface area contributed by atoms with E-state index in [4.69, 9.17) is 15.9 Å². The lowest BCUT2D eigenvalue weighted by atomic mass is 10.1. The van der Waals surface area contributed by atoms with Crippen LogP contribution in [0.25, 0.3) is 0 Å². The molecular weight excluding hydrogens is 140 g/mol. The predicted octanol–water partition coefficient (Wildman–Crippen LogP) is 1.45. The Hall–Kier alpha value is -0.520. The summed E-state index contributed by atoms with van der Waals surface area (Å²) in [6, 6.07) is 0. The van der Waals surface area contributed by atoms with Crippen LogP contribution in [0, 0.1) is 12.3 Å². The Balaban J connectivity index is 3.48. The average molecular weight is 156 g/mol. The van der Waals surface area contributed by atoms with Gasteiger partial charge in [-0.2, -0.15) is 0 Å². The van der Waals surface area contributed by atoms with E-state index < -0.39 is 0 Å². The summed E-state index contributed by atoms with van der Waals surface area (Å²) < 4.78 is 10.4. The summed E-state index contributed by atoms with van der Waals surface area (Å²) in [6.45, 7) is 5.16. The normalized spacial score (nSPS) is 11.1. The number of terminal acetylenes is 1. The first-order chi connectivity index (χ1) is 5.12. The first kappa shape index (κ1) is 10.5. The molecular formula is C9H16O2. The van der Waals surface area contributed by atoms with Crippen LogP contribution in [0.4, 0.5) is 0 Å². The van der Waals surface area contributed by atoms with Crippen LogP contribution >= 0.6 is 0 Å². The van der Waals surface area contributed by atoms with Crippen molar-refractivity contribution in [2.75, 3.05) is 20.3 Å². The summed E-state index contributed by atoms with van der Waals surface area (Å²) in [5, 5.41) is 0. The molecule has 0 heterocycles. The van der Waals surface area contributed by atoms with Gasteiger partial charge in [0, 0.05) is 13.5 Å². The van der Waals surface area contributed by atoms with Crippen molar-refractivity contribution in [2.45, 2.75) is 25.9 Å². The second-order valence-corrected chi connectivity index (χ2v) is 3.00. The molecule has 0 spiro atoms. The van der Waals surface area contributed by atoms with Crippen LogP contribution in [0.1, 0.15) is 20.3 Å². The third-order valence-corrected chi connectivity index (χ3v) is 1.23. The van der Waals surface area contributed by atoms with Crippen molar-refractivity contribution in [3.8, 4) is 12.3 Å². The molecule has 0 saturated carbocycles. The van der Waals surface area contributed by atoms with Gasteiger partial charge in [0.25, 0.3) is 0 Å². The lowest BCUT2D eigenvalue weighted by Gasteiger charge is -2.23. The Kier molecular flexibility index (Phi) is 4.93. The van der Waals surface area contributed by atoms with Crippen LogP contribution < -0.4 is 0 Å². The van der Waals surface area contributed by atoms with E-state index in [0.29, 0.717) is 19.6 Å². The largest absolute Gasteiger partial charge is 0.382 e. The van der Waals surface area contributed by atoms with E-state index in [2.05, 4.69) is 5.92 Å². The van der Waals surface area contributed by atoms with E-state index in [-0.39, 0.29) is 5.60 Å². The molecule has 0 amide bonds. The van der Waals surface area contributed by atoms with Crippen molar-refractivity contribution in [1.82, 2.24) is 0 Å². The molecule has 0 aliphatic carbocycles. The fourth-order valence-corrected chi connectivity index (χ4v) is 0.776. The Morgan fingerprint density at radius 1 is 1.45 bits per heavy atom. The monoisotopic (exact) mass is 156 g/mol. The highest BCUT2D eigenvalue weighted by molar-refractivity contribution is 4.83. The molecule has 0 aromatic rings. The summed E-state index contributed by atoms with van der Waals surface area (Å²) in [5.74, 6) is 2.52. The van der Waals surface area contributed by atoms with Crippen molar-refractivity contribution < 1.29 is 9.47 Å². The molecule has 0 rings (SSSR count). The van der Waals surface area contributed by atoms with Gasteiger partial charge in [-0.3, -0.25) is 0 Å². The summed E-state index contributed by atoms with van der Waals surface area (Å²) >= 11 is 0. The average Bonchev–Trinajstić information content (AvgIpc) is 1.87. The van der Waals surface area contributed by atoms with E-state index in [1.165, 1.54) is 0 Å². The number of hydrogen-bond acceptors (Lipinski definition) is 2. The molecule has 2 nitrogen and oxygen atoms in total. The van der Waals surface area contributed by atoms with E-state index in [1.807, 2.05) is 13.8 Å². The zero-order chi connectivity index (χ0) is 8.74. The van der Waals surface area contributed by atoms with Gasteiger partial charge in [0.2, 0.25) is 0 Å².